The molecule has 0 aliphatic carbocycles. The molecule has 0 bridgehead atoms. The van der Waals surface area contributed by atoms with Gasteiger partial charge < -0.3 is 33.3 Å². The first kappa shape index (κ1) is 94.8. The third-order valence-corrected chi connectivity index (χ3v) is 20.2. The predicted molar refractivity (Wildman–Crippen MR) is 417 cm³/mol. The van der Waals surface area contributed by atoms with E-state index in [9.17, 15) is 19.5 Å². The maximum Gasteiger partial charge on any atom is 0.306 e. The molecule has 0 heterocycles. The maximum atomic E-state index is 13.0. The van der Waals surface area contributed by atoms with Gasteiger partial charge in [-0.15, -0.1) is 0 Å². The Hall–Kier alpha value is -2.23. The zero-order valence-electron chi connectivity index (χ0n) is 66.0. The summed E-state index contributed by atoms with van der Waals surface area (Å²) in [6.07, 6.45) is 99.2. The largest absolute Gasteiger partial charge is 0.545 e. The predicted octanol–water partition coefficient (Wildman–Crippen LogP) is 26.7. The Bertz CT molecular complexity index is 1640. The molecule has 574 valence electrons. The fraction of sp³-hybridized carbons (Fsp3) is 0.920. The van der Waals surface area contributed by atoms with Gasteiger partial charge in [-0.3, -0.25) is 9.59 Å². The molecule has 0 spiro atoms. The third kappa shape index (κ3) is 80.9. The SMILES string of the molecule is CCCCCCC/C=C\C/C=C\CCCCCCCCCCCCCCCCCCCCCCCC(=O)OC(COC(=O)CCCCCCCCCCCCCCCCCCCCCCCCCCCCCCCCCCCCCCCCC)COC(OCC[N+](C)(C)C)C(=O)[O-]. The Balaban J connectivity index is 3.90. The van der Waals surface area contributed by atoms with E-state index < -0.39 is 24.3 Å². The summed E-state index contributed by atoms with van der Waals surface area (Å²) in [4.78, 5) is 37.7. The molecular formula is C88H169NO8. The number of carboxylic acids is 1. The third-order valence-electron chi connectivity index (χ3n) is 20.2. The van der Waals surface area contributed by atoms with Crippen LogP contribution in [0.5, 0.6) is 0 Å². The highest BCUT2D eigenvalue weighted by molar-refractivity contribution is 5.70. The lowest BCUT2D eigenvalue weighted by Crippen LogP contribution is -2.44. The quantitative estimate of drug-likeness (QED) is 0.0195. The zero-order valence-corrected chi connectivity index (χ0v) is 66.0. The standard InChI is InChI=1S/C88H169NO8/c1-6-8-10-12-14-16-18-20-22-24-26-28-30-32-34-36-38-40-41-42-43-44-45-47-48-50-52-54-56-58-60-62-64-66-68-70-72-74-76-78-85(90)95-82-84(83-96-88(87(92)93)94-81-80-89(3,4)5)97-86(91)79-77-75-73-71-69-67-65-63-61-59-57-55-53-51-49-46-39-37-35-33-31-29-27-25-23-21-19-17-15-13-11-9-7-2/h19,21,25,27,84,88H,6-18,20,22-24,26,28-83H2,1-5H3/b21-19-,27-25-. The van der Waals surface area contributed by atoms with Crippen LogP contribution in [0.25, 0.3) is 0 Å². The van der Waals surface area contributed by atoms with Crippen LogP contribution >= 0.6 is 0 Å². The van der Waals surface area contributed by atoms with Gasteiger partial charge in [-0.2, -0.15) is 0 Å². The highest BCUT2D eigenvalue weighted by Gasteiger charge is 2.22. The number of carbonyl (C=O) groups excluding carboxylic acids is 3. The van der Waals surface area contributed by atoms with Crippen LogP contribution in [0.2, 0.25) is 0 Å². The highest BCUT2D eigenvalue weighted by atomic mass is 16.7. The monoisotopic (exact) mass is 1370 g/mol. The minimum atomic E-state index is -1.62. The molecule has 0 aliphatic rings. The van der Waals surface area contributed by atoms with Crippen molar-refractivity contribution in [2.24, 2.45) is 0 Å². The number of likely N-dealkylation sites (N-methyl/N-ethyl adjacent to an activating group) is 1. The number of quaternary nitrogens is 1. The van der Waals surface area contributed by atoms with Crippen molar-refractivity contribution in [2.45, 2.75) is 476 Å². The van der Waals surface area contributed by atoms with Crippen LogP contribution < -0.4 is 5.11 Å². The fourth-order valence-corrected chi connectivity index (χ4v) is 13.6. The van der Waals surface area contributed by atoms with Crippen molar-refractivity contribution >= 4 is 17.9 Å². The van der Waals surface area contributed by atoms with Gasteiger partial charge >= 0.3 is 11.9 Å². The Morgan fingerprint density at radius 3 is 0.814 bits per heavy atom. The fourth-order valence-electron chi connectivity index (χ4n) is 13.6. The Labute approximate surface area is 605 Å². The van der Waals surface area contributed by atoms with Crippen molar-refractivity contribution in [3.8, 4) is 0 Å². The van der Waals surface area contributed by atoms with Crippen molar-refractivity contribution in [2.75, 3.05) is 47.5 Å². The smallest absolute Gasteiger partial charge is 0.306 e. The van der Waals surface area contributed by atoms with E-state index >= 15 is 0 Å². The van der Waals surface area contributed by atoms with E-state index in [1.54, 1.807) is 0 Å². The minimum Gasteiger partial charge on any atom is -0.545 e. The van der Waals surface area contributed by atoms with Gasteiger partial charge in [0.1, 0.15) is 13.2 Å². The first-order chi connectivity index (χ1) is 47.6. The number of ether oxygens (including phenoxy) is 4. The molecule has 0 N–H and O–H groups in total. The number of aliphatic carboxylic acids is 1. The summed E-state index contributed by atoms with van der Waals surface area (Å²) >= 11 is 0. The van der Waals surface area contributed by atoms with Crippen LogP contribution in [0.1, 0.15) is 463 Å². The number of allylic oxidation sites excluding steroid dienone is 4. The molecule has 0 radical (unpaired) electrons. The molecule has 97 heavy (non-hydrogen) atoms. The number of carboxylic acid groups (broad SMARTS) is 1. The Morgan fingerprint density at radius 1 is 0.309 bits per heavy atom. The minimum absolute atomic E-state index is 0.152. The average Bonchev–Trinajstić information content (AvgIpc) is 2.59. The normalized spacial score (nSPS) is 12.6. The molecule has 0 saturated heterocycles. The van der Waals surface area contributed by atoms with E-state index in [1.807, 2.05) is 21.1 Å². The van der Waals surface area contributed by atoms with Gasteiger partial charge in [0.25, 0.3) is 0 Å². The second-order valence-electron chi connectivity index (χ2n) is 31.2. The van der Waals surface area contributed by atoms with E-state index in [0.29, 0.717) is 17.4 Å². The second kappa shape index (κ2) is 79.5. The Morgan fingerprint density at radius 2 is 0.557 bits per heavy atom. The van der Waals surface area contributed by atoms with Crippen LogP contribution in [0.15, 0.2) is 24.3 Å². The molecule has 0 aromatic carbocycles. The number of rotatable bonds is 83. The number of hydrogen-bond donors (Lipinski definition) is 0. The summed E-state index contributed by atoms with van der Waals surface area (Å²) in [6.45, 7) is 4.83. The molecule has 2 atom stereocenters. The van der Waals surface area contributed by atoms with Crippen LogP contribution in [-0.4, -0.2) is 82.3 Å². The molecule has 9 heteroatoms. The van der Waals surface area contributed by atoms with Crippen molar-refractivity contribution in [3.05, 3.63) is 24.3 Å². The summed E-state index contributed by atoms with van der Waals surface area (Å²) in [6, 6.07) is 0. The van der Waals surface area contributed by atoms with Gasteiger partial charge in [0.05, 0.1) is 40.3 Å². The Kier molecular flexibility index (Phi) is 77.6. The molecule has 0 aromatic heterocycles. The highest BCUT2D eigenvalue weighted by Crippen LogP contribution is 2.21. The number of carbonyl (C=O) groups is 3. The van der Waals surface area contributed by atoms with E-state index in [4.69, 9.17) is 18.9 Å². The van der Waals surface area contributed by atoms with Crippen molar-refractivity contribution < 1.29 is 42.9 Å². The van der Waals surface area contributed by atoms with Crippen molar-refractivity contribution in [3.63, 3.8) is 0 Å². The van der Waals surface area contributed by atoms with Gasteiger partial charge in [0.15, 0.2) is 12.4 Å². The summed E-state index contributed by atoms with van der Waals surface area (Å²) in [5.41, 5.74) is 0. The van der Waals surface area contributed by atoms with E-state index in [-0.39, 0.29) is 32.2 Å². The summed E-state index contributed by atoms with van der Waals surface area (Å²) < 4.78 is 22.9. The first-order valence-corrected chi connectivity index (χ1v) is 43.5. The molecule has 9 nitrogen and oxygen atoms in total. The first-order valence-electron chi connectivity index (χ1n) is 43.5. The molecule has 0 rings (SSSR count). The average molecular weight is 1370 g/mol. The summed E-state index contributed by atoms with van der Waals surface area (Å²) in [7, 11) is 5.96. The lowest BCUT2D eigenvalue weighted by atomic mass is 10.0. The number of unbranched alkanes of at least 4 members (excludes halogenated alkanes) is 64. The summed E-state index contributed by atoms with van der Waals surface area (Å²) in [5.74, 6) is -2.24. The maximum absolute atomic E-state index is 13.0. The van der Waals surface area contributed by atoms with Gasteiger partial charge in [0.2, 0.25) is 0 Å². The number of esters is 2. The van der Waals surface area contributed by atoms with E-state index in [0.717, 1.165) is 44.9 Å². The van der Waals surface area contributed by atoms with Crippen LogP contribution in [0, 0.1) is 0 Å². The molecule has 2 unspecified atom stereocenters. The number of hydrogen-bond acceptors (Lipinski definition) is 8. The second-order valence-corrected chi connectivity index (χ2v) is 31.2. The summed E-state index contributed by atoms with van der Waals surface area (Å²) in [5, 5.41) is 11.9. The zero-order chi connectivity index (χ0) is 70.4. The molecule has 0 saturated carbocycles. The van der Waals surface area contributed by atoms with E-state index in [2.05, 4.69) is 38.2 Å². The van der Waals surface area contributed by atoms with Crippen LogP contribution in [-0.2, 0) is 33.3 Å². The molecule has 0 amide bonds. The molecule has 0 fully saturated rings. The van der Waals surface area contributed by atoms with Gasteiger partial charge in [0, 0.05) is 12.8 Å². The topological polar surface area (TPSA) is 111 Å². The lowest BCUT2D eigenvalue weighted by Gasteiger charge is -2.26. The van der Waals surface area contributed by atoms with Gasteiger partial charge in [-0.1, -0.05) is 430 Å². The number of nitrogens with zero attached hydrogens (tertiary/aromatic N) is 1. The van der Waals surface area contributed by atoms with Crippen molar-refractivity contribution in [1.29, 1.82) is 0 Å². The van der Waals surface area contributed by atoms with Crippen LogP contribution in [0.3, 0.4) is 0 Å². The molecular weight excluding hydrogens is 1200 g/mol. The molecule has 0 aromatic rings. The molecule has 0 aliphatic heterocycles. The van der Waals surface area contributed by atoms with Gasteiger partial charge in [-0.25, -0.2) is 0 Å². The van der Waals surface area contributed by atoms with Crippen LogP contribution in [0.4, 0.5) is 0 Å². The van der Waals surface area contributed by atoms with Crippen molar-refractivity contribution in [1.82, 2.24) is 0 Å². The van der Waals surface area contributed by atoms with E-state index in [1.165, 1.54) is 392 Å². The van der Waals surface area contributed by atoms with Gasteiger partial charge in [-0.05, 0) is 44.9 Å². The lowest BCUT2D eigenvalue weighted by molar-refractivity contribution is -0.870.